The maximum atomic E-state index is 12.4. The van der Waals surface area contributed by atoms with Gasteiger partial charge in [-0.25, -0.2) is 0 Å². The predicted octanol–water partition coefficient (Wildman–Crippen LogP) is 2.87. The van der Waals surface area contributed by atoms with E-state index in [-0.39, 0.29) is 5.91 Å². The lowest BCUT2D eigenvalue weighted by Gasteiger charge is -2.26. The number of thiophene rings is 1. The number of aromatic nitrogens is 1. The Hall–Kier alpha value is -1.59. The average molecular weight is 303 g/mol. The Labute approximate surface area is 129 Å². The molecule has 3 heterocycles. The molecule has 0 radical (unpaired) electrons. The van der Waals surface area contributed by atoms with E-state index < -0.39 is 0 Å². The maximum absolute atomic E-state index is 12.4. The number of likely N-dealkylation sites (N-methyl/N-ethyl adjacent to an activating group) is 1. The lowest BCUT2D eigenvalue weighted by atomic mass is 10.1. The second-order valence-electron chi connectivity index (χ2n) is 5.58. The van der Waals surface area contributed by atoms with Crippen molar-refractivity contribution in [2.45, 2.75) is 25.4 Å². The van der Waals surface area contributed by atoms with Crippen molar-refractivity contribution in [3.63, 3.8) is 0 Å². The van der Waals surface area contributed by atoms with E-state index in [2.05, 4.69) is 27.4 Å². The van der Waals surface area contributed by atoms with E-state index in [1.165, 1.54) is 10.6 Å². The quantitative estimate of drug-likeness (QED) is 0.922. The van der Waals surface area contributed by atoms with E-state index in [9.17, 15) is 4.79 Å². The van der Waals surface area contributed by atoms with E-state index >= 15 is 0 Å². The molecule has 0 spiro atoms. The topological polar surface area (TPSA) is 39.3 Å². The summed E-state index contributed by atoms with van der Waals surface area (Å²) in [5.74, 6) is 0.196. The largest absolute Gasteiger partial charge is 0.364 e. The molecule has 2 aromatic rings. The Balaban J connectivity index is 1.58. The zero-order valence-corrected chi connectivity index (χ0v) is 13.1. The van der Waals surface area contributed by atoms with E-state index in [1.807, 2.05) is 30.3 Å². The number of carbonyl (C=O) groups is 1. The minimum atomic E-state index is 0.196. The van der Waals surface area contributed by atoms with Crippen LogP contribution in [0.3, 0.4) is 0 Å². The maximum Gasteiger partial charge on any atom is 0.236 e. The molecule has 0 aromatic carbocycles. The van der Waals surface area contributed by atoms with Gasteiger partial charge in [0.25, 0.3) is 0 Å². The zero-order valence-electron chi connectivity index (χ0n) is 12.3. The third-order valence-electron chi connectivity index (χ3n) is 4.08. The van der Waals surface area contributed by atoms with Crippen LogP contribution in [0.2, 0.25) is 0 Å². The van der Waals surface area contributed by atoms with E-state index in [0.29, 0.717) is 19.1 Å². The number of hydrogen-bond donors (Lipinski definition) is 1. The van der Waals surface area contributed by atoms with Gasteiger partial charge in [0, 0.05) is 23.8 Å². The smallest absolute Gasteiger partial charge is 0.236 e. The third kappa shape index (κ3) is 3.36. The molecule has 3 rings (SSSR count). The standard InChI is InChI=1S/C16H21N3OS/c1-18(11-13-5-4-10-21-13)16(20)12-19-9-3-7-15(19)14-6-2-8-17-14/h2,4-6,8,10,15,17H,3,7,9,11-12H2,1H3/t15-/m0/s1. The number of H-pyrrole nitrogens is 1. The van der Waals surface area contributed by atoms with Crippen LogP contribution in [0.25, 0.3) is 0 Å². The highest BCUT2D eigenvalue weighted by atomic mass is 32.1. The normalized spacial score (nSPS) is 19.0. The van der Waals surface area contributed by atoms with Crippen molar-refractivity contribution in [1.29, 1.82) is 0 Å². The van der Waals surface area contributed by atoms with Crippen LogP contribution in [0, 0.1) is 0 Å². The van der Waals surface area contributed by atoms with Crippen molar-refractivity contribution in [3.8, 4) is 0 Å². The lowest BCUT2D eigenvalue weighted by molar-refractivity contribution is -0.131. The molecule has 1 saturated heterocycles. The minimum Gasteiger partial charge on any atom is -0.364 e. The second kappa shape index (κ2) is 6.45. The molecular weight excluding hydrogens is 282 g/mol. The van der Waals surface area contributed by atoms with Gasteiger partial charge in [-0.15, -0.1) is 11.3 Å². The van der Waals surface area contributed by atoms with Crippen molar-refractivity contribution >= 4 is 17.2 Å². The molecule has 112 valence electrons. The van der Waals surface area contributed by atoms with E-state index in [1.54, 1.807) is 11.3 Å². The van der Waals surface area contributed by atoms with Crippen LogP contribution in [0.15, 0.2) is 35.8 Å². The first-order valence-corrected chi connectivity index (χ1v) is 8.25. The fraction of sp³-hybridized carbons (Fsp3) is 0.438. The van der Waals surface area contributed by atoms with Gasteiger partial charge in [-0.3, -0.25) is 9.69 Å². The van der Waals surface area contributed by atoms with Crippen molar-refractivity contribution < 1.29 is 4.79 Å². The monoisotopic (exact) mass is 303 g/mol. The van der Waals surface area contributed by atoms with Crippen LogP contribution < -0.4 is 0 Å². The van der Waals surface area contributed by atoms with Crippen LogP contribution in [0.5, 0.6) is 0 Å². The van der Waals surface area contributed by atoms with E-state index in [4.69, 9.17) is 0 Å². The fourth-order valence-corrected chi connectivity index (χ4v) is 3.70. The first-order valence-electron chi connectivity index (χ1n) is 7.38. The summed E-state index contributed by atoms with van der Waals surface area (Å²) in [4.78, 5) is 21.1. The molecule has 5 heteroatoms. The SMILES string of the molecule is CN(Cc1cccs1)C(=O)CN1CCC[C@H]1c1ccc[nH]1. The van der Waals surface area contributed by atoms with Gasteiger partial charge < -0.3 is 9.88 Å². The molecule has 0 aliphatic carbocycles. The van der Waals surface area contributed by atoms with Crippen molar-refractivity contribution in [2.24, 2.45) is 0 Å². The number of likely N-dealkylation sites (tertiary alicyclic amines) is 1. The zero-order chi connectivity index (χ0) is 14.7. The molecule has 0 bridgehead atoms. The highest BCUT2D eigenvalue weighted by Crippen LogP contribution is 2.30. The van der Waals surface area contributed by atoms with Crippen LogP contribution in [-0.2, 0) is 11.3 Å². The highest BCUT2D eigenvalue weighted by molar-refractivity contribution is 7.09. The van der Waals surface area contributed by atoms with Crippen LogP contribution in [-0.4, -0.2) is 40.8 Å². The summed E-state index contributed by atoms with van der Waals surface area (Å²) in [7, 11) is 1.89. The van der Waals surface area contributed by atoms with Gasteiger partial charge in [0.2, 0.25) is 5.91 Å². The van der Waals surface area contributed by atoms with Gasteiger partial charge in [-0.1, -0.05) is 6.07 Å². The summed E-state index contributed by atoms with van der Waals surface area (Å²) in [6, 6.07) is 8.60. The average Bonchev–Trinajstić information content (AvgIpc) is 3.20. The van der Waals surface area contributed by atoms with Gasteiger partial charge in [0.05, 0.1) is 19.1 Å². The number of amides is 1. The number of hydrogen-bond acceptors (Lipinski definition) is 3. The first kappa shape index (κ1) is 14.4. The van der Waals surface area contributed by atoms with Gasteiger partial charge in [0.15, 0.2) is 0 Å². The molecular formula is C16H21N3OS. The Bertz CT molecular complexity index is 564. The molecule has 2 aromatic heterocycles. The highest BCUT2D eigenvalue weighted by Gasteiger charge is 2.28. The molecule has 1 aliphatic rings. The summed E-state index contributed by atoms with van der Waals surface area (Å²) >= 11 is 1.70. The molecule has 1 atom stereocenters. The van der Waals surface area contributed by atoms with E-state index in [0.717, 1.165) is 19.4 Å². The summed E-state index contributed by atoms with van der Waals surface area (Å²) in [5.41, 5.74) is 1.22. The van der Waals surface area contributed by atoms with Crippen molar-refractivity contribution in [3.05, 3.63) is 46.4 Å². The molecule has 0 unspecified atom stereocenters. The van der Waals surface area contributed by atoms with Crippen molar-refractivity contribution in [1.82, 2.24) is 14.8 Å². The number of nitrogens with one attached hydrogen (secondary N) is 1. The Morgan fingerprint density at radius 1 is 1.48 bits per heavy atom. The molecule has 1 N–H and O–H groups in total. The molecule has 1 fully saturated rings. The number of rotatable bonds is 5. The third-order valence-corrected chi connectivity index (χ3v) is 4.94. The van der Waals surface area contributed by atoms with Gasteiger partial charge in [-0.2, -0.15) is 0 Å². The molecule has 1 aliphatic heterocycles. The fourth-order valence-electron chi connectivity index (χ4n) is 2.94. The number of carbonyl (C=O) groups excluding carboxylic acids is 1. The Morgan fingerprint density at radius 2 is 2.38 bits per heavy atom. The molecule has 0 saturated carbocycles. The minimum absolute atomic E-state index is 0.196. The molecule has 1 amide bonds. The Kier molecular flexibility index (Phi) is 4.41. The van der Waals surface area contributed by atoms with Crippen molar-refractivity contribution in [2.75, 3.05) is 20.1 Å². The number of nitrogens with zero attached hydrogens (tertiary/aromatic N) is 2. The lowest BCUT2D eigenvalue weighted by Crippen LogP contribution is -2.37. The number of aromatic amines is 1. The summed E-state index contributed by atoms with van der Waals surface area (Å²) in [6.07, 6.45) is 4.24. The molecule has 4 nitrogen and oxygen atoms in total. The Morgan fingerprint density at radius 3 is 3.10 bits per heavy atom. The van der Waals surface area contributed by atoms with Crippen LogP contribution >= 0.6 is 11.3 Å². The molecule has 21 heavy (non-hydrogen) atoms. The van der Waals surface area contributed by atoms with Crippen LogP contribution in [0.1, 0.15) is 29.5 Å². The summed E-state index contributed by atoms with van der Waals surface area (Å²) in [5, 5.41) is 2.05. The summed E-state index contributed by atoms with van der Waals surface area (Å²) < 4.78 is 0. The summed E-state index contributed by atoms with van der Waals surface area (Å²) in [6.45, 7) is 2.21. The second-order valence-corrected chi connectivity index (χ2v) is 6.62. The van der Waals surface area contributed by atoms with Gasteiger partial charge in [0.1, 0.15) is 0 Å². The predicted molar refractivity (Wildman–Crippen MR) is 85.1 cm³/mol. The van der Waals surface area contributed by atoms with Crippen LogP contribution in [0.4, 0.5) is 0 Å². The van der Waals surface area contributed by atoms with Gasteiger partial charge >= 0.3 is 0 Å². The van der Waals surface area contributed by atoms with Gasteiger partial charge in [-0.05, 0) is 43.0 Å². The first-order chi connectivity index (χ1) is 10.2.